The van der Waals surface area contributed by atoms with Crippen molar-refractivity contribution in [3.8, 4) is 11.4 Å². The van der Waals surface area contributed by atoms with Crippen molar-refractivity contribution in [1.82, 2.24) is 20.2 Å². The van der Waals surface area contributed by atoms with Crippen LogP contribution < -0.4 is 5.73 Å². The second-order valence-electron chi connectivity index (χ2n) is 3.88. The van der Waals surface area contributed by atoms with Crippen molar-refractivity contribution < 1.29 is 4.52 Å². The Morgan fingerprint density at radius 2 is 2.33 bits per heavy atom. The number of anilines is 1. The molecule has 78 valence electrons. The summed E-state index contributed by atoms with van der Waals surface area (Å²) in [4.78, 5) is 0. The van der Waals surface area contributed by atoms with Crippen LogP contribution in [0, 0.1) is 5.92 Å². The van der Waals surface area contributed by atoms with Crippen LogP contribution in [0.2, 0.25) is 0 Å². The van der Waals surface area contributed by atoms with Gasteiger partial charge in [-0.15, -0.1) is 5.10 Å². The highest BCUT2D eigenvalue weighted by molar-refractivity contribution is 5.54. The molecule has 1 fully saturated rings. The molecule has 0 amide bonds. The fraction of sp³-hybridized carbons (Fsp3) is 0.444. The fourth-order valence-electron chi connectivity index (χ4n) is 1.48. The molecule has 0 unspecified atom stereocenters. The van der Waals surface area contributed by atoms with E-state index in [1.54, 1.807) is 6.07 Å². The molecule has 0 bridgehead atoms. The van der Waals surface area contributed by atoms with E-state index < -0.39 is 0 Å². The maximum Gasteiger partial charge on any atom is 0.222 e. The van der Waals surface area contributed by atoms with Crippen molar-refractivity contribution in [1.29, 1.82) is 0 Å². The minimum atomic E-state index is 0.293. The topological polar surface area (TPSA) is 82.8 Å². The predicted octanol–water partition coefficient (Wildman–Crippen LogP) is 0.925. The zero-order chi connectivity index (χ0) is 10.3. The van der Waals surface area contributed by atoms with Crippen LogP contribution in [0.5, 0.6) is 0 Å². The van der Waals surface area contributed by atoms with Gasteiger partial charge in [-0.3, -0.25) is 4.68 Å². The molecule has 6 heteroatoms. The Labute approximate surface area is 86.0 Å². The van der Waals surface area contributed by atoms with Gasteiger partial charge in [-0.05, 0) is 18.8 Å². The summed E-state index contributed by atoms with van der Waals surface area (Å²) in [6.07, 6.45) is 4.47. The SMILES string of the molecule is Nc1cc(-c2cn(CC3CC3)nn2)no1. The molecule has 0 aromatic carbocycles. The third kappa shape index (κ3) is 1.70. The molecule has 0 saturated heterocycles. The first kappa shape index (κ1) is 8.46. The van der Waals surface area contributed by atoms with Gasteiger partial charge in [0, 0.05) is 12.6 Å². The first-order valence-electron chi connectivity index (χ1n) is 4.94. The quantitative estimate of drug-likeness (QED) is 0.805. The molecule has 6 nitrogen and oxygen atoms in total. The minimum absolute atomic E-state index is 0.293. The number of hydrogen-bond donors (Lipinski definition) is 1. The van der Waals surface area contributed by atoms with Gasteiger partial charge in [0.1, 0.15) is 11.4 Å². The van der Waals surface area contributed by atoms with Crippen LogP contribution in [0.4, 0.5) is 5.88 Å². The van der Waals surface area contributed by atoms with E-state index in [0.717, 1.165) is 12.5 Å². The van der Waals surface area contributed by atoms with Crippen molar-refractivity contribution in [3.63, 3.8) is 0 Å². The number of nitrogens with zero attached hydrogens (tertiary/aromatic N) is 4. The van der Waals surface area contributed by atoms with Gasteiger partial charge >= 0.3 is 0 Å². The summed E-state index contributed by atoms with van der Waals surface area (Å²) in [7, 11) is 0. The summed E-state index contributed by atoms with van der Waals surface area (Å²) in [6.45, 7) is 0.945. The number of hydrogen-bond acceptors (Lipinski definition) is 5. The Morgan fingerprint density at radius 3 is 3.00 bits per heavy atom. The molecule has 2 heterocycles. The van der Waals surface area contributed by atoms with Gasteiger partial charge in [-0.2, -0.15) is 0 Å². The van der Waals surface area contributed by atoms with Crippen LogP contribution in [0.25, 0.3) is 11.4 Å². The van der Waals surface area contributed by atoms with Crippen molar-refractivity contribution in [2.45, 2.75) is 19.4 Å². The van der Waals surface area contributed by atoms with Crippen molar-refractivity contribution in [3.05, 3.63) is 12.3 Å². The monoisotopic (exact) mass is 205 g/mol. The predicted molar refractivity (Wildman–Crippen MR) is 52.7 cm³/mol. The van der Waals surface area contributed by atoms with Gasteiger partial charge < -0.3 is 10.3 Å². The average molecular weight is 205 g/mol. The maximum absolute atomic E-state index is 5.43. The number of nitrogens with two attached hydrogens (primary N) is 1. The van der Waals surface area contributed by atoms with Crippen LogP contribution in [0.15, 0.2) is 16.8 Å². The van der Waals surface area contributed by atoms with E-state index >= 15 is 0 Å². The first-order chi connectivity index (χ1) is 7.31. The van der Waals surface area contributed by atoms with Crippen LogP contribution in [0.3, 0.4) is 0 Å². The summed E-state index contributed by atoms with van der Waals surface area (Å²) in [5, 5.41) is 11.8. The lowest BCUT2D eigenvalue weighted by Gasteiger charge is -1.93. The minimum Gasteiger partial charge on any atom is -0.368 e. The van der Waals surface area contributed by atoms with Gasteiger partial charge in [0.05, 0.1) is 6.20 Å². The van der Waals surface area contributed by atoms with Crippen LogP contribution in [-0.4, -0.2) is 20.2 Å². The van der Waals surface area contributed by atoms with Gasteiger partial charge in [0.15, 0.2) is 0 Å². The van der Waals surface area contributed by atoms with E-state index in [-0.39, 0.29) is 0 Å². The maximum atomic E-state index is 5.43. The Morgan fingerprint density at radius 1 is 1.47 bits per heavy atom. The Bertz CT molecular complexity index is 470. The largest absolute Gasteiger partial charge is 0.368 e. The second-order valence-corrected chi connectivity index (χ2v) is 3.88. The van der Waals surface area contributed by atoms with E-state index in [0.29, 0.717) is 17.3 Å². The summed E-state index contributed by atoms with van der Waals surface area (Å²) < 4.78 is 6.62. The highest BCUT2D eigenvalue weighted by atomic mass is 16.5. The van der Waals surface area contributed by atoms with Crippen molar-refractivity contribution >= 4 is 5.88 Å². The molecule has 2 N–H and O–H groups in total. The summed E-state index contributed by atoms with van der Waals surface area (Å²) in [5.74, 6) is 1.07. The fourth-order valence-corrected chi connectivity index (χ4v) is 1.48. The van der Waals surface area contributed by atoms with Crippen LogP contribution in [-0.2, 0) is 6.54 Å². The van der Waals surface area contributed by atoms with Gasteiger partial charge in [-0.25, -0.2) is 0 Å². The number of rotatable bonds is 3. The Hall–Kier alpha value is -1.85. The lowest BCUT2D eigenvalue weighted by Crippen LogP contribution is -1.99. The Kier molecular flexibility index (Phi) is 1.74. The standard InChI is InChI=1S/C9H11N5O/c10-9-3-7(12-15-9)8-5-14(13-11-8)4-6-1-2-6/h3,5-6H,1-2,4,10H2. The molecular weight excluding hydrogens is 194 g/mol. The van der Waals surface area contributed by atoms with E-state index in [4.69, 9.17) is 10.3 Å². The van der Waals surface area contributed by atoms with E-state index in [2.05, 4.69) is 15.5 Å². The molecule has 3 rings (SSSR count). The van der Waals surface area contributed by atoms with Crippen LogP contribution >= 0.6 is 0 Å². The number of aromatic nitrogens is 4. The van der Waals surface area contributed by atoms with Gasteiger partial charge in [0.25, 0.3) is 0 Å². The molecule has 0 aliphatic heterocycles. The number of nitrogen functional groups attached to an aromatic ring is 1. The van der Waals surface area contributed by atoms with E-state index in [1.165, 1.54) is 12.8 Å². The smallest absolute Gasteiger partial charge is 0.222 e. The third-order valence-electron chi connectivity index (χ3n) is 2.47. The zero-order valence-electron chi connectivity index (χ0n) is 8.13. The molecule has 1 aliphatic rings. The highest BCUT2D eigenvalue weighted by Gasteiger charge is 2.22. The molecule has 0 atom stereocenters. The zero-order valence-corrected chi connectivity index (χ0v) is 8.13. The van der Waals surface area contributed by atoms with Gasteiger partial charge in [0.2, 0.25) is 5.88 Å². The molecule has 1 saturated carbocycles. The molecule has 0 radical (unpaired) electrons. The van der Waals surface area contributed by atoms with E-state index in [9.17, 15) is 0 Å². The van der Waals surface area contributed by atoms with Crippen molar-refractivity contribution in [2.75, 3.05) is 5.73 Å². The van der Waals surface area contributed by atoms with E-state index in [1.807, 2.05) is 10.9 Å². The van der Waals surface area contributed by atoms with Crippen LogP contribution in [0.1, 0.15) is 12.8 Å². The summed E-state index contributed by atoms with van der Waals surface area (Å²) in [6, 6.07) is 1.64. The second kappa shape index (κ2) is 3.08. The average Bonchev–Trinajstić information content (AvgIpc) is 2.74. The lowest BCUT2D eigenvalue weighted by atomic mass is 10.3. The molecule has 1 aliphatic carbocycles. The first-order valence-corrected chi connectivity index (χ1v) is 4.94. The molecule has 2 aromatic heterocycles. The summed E-state index contributed by atoms with van der Waals surface area (Å²) >= 11 is 0. The van der Waals surface area contributed by atoms with Crippen molar-refractivity contribution in [2.24, 2.45) is 5.92 Å². The summed E-state index contributed by atoms with van der Waals surface area (Å²) in [5.41, 5.74) is 6.77. The third-order valence-corrected chi connectivity index (χ3v) is 2.47. The Balaban J connectivity index is 1.82. The lowest BCUT2D eigenvalue weighted by molar-refractivity contribution is 0.439. The molecular formula is C9H11N5O. The molecule has 2 aromatic rings. The normalized spacial score (nSPS) is 15.7. The molecule has 15 heavy (non-hydrogen) atoms. The molecule has 0 spiro atoms. The highest BCUT2D eigenvalue weighted by Crippen LogP contribution is 2.30. The van der Waals surface area contributed by atoms with Gasteiger partial charge in [-0.1, -0.05) is 10.4 Å².